The molecule has 0 bridgehead atoms. The second-order valence-electron chi connectivity index (χ2n) is 4.53. The monoisotopic (exact) mass is 276 g/mol. The first kappa shape index (κ1) is 13.8. The van der Waals surface area contributed by atoms with E-state index in [1.807, 2.05) is 0 Å². The minimum Gasteiger partial charge on any atom is -0.337 e. The Labute approximate surface area is 107 Å². The van der Waals surface area contributed by atoms with Crippen molar-refractivity contribution in [3.63, 3.8) is 0 Å². The summed E-state index contributed by atoms with van der Waals surface area (Å²) in [6.07, 6.45) is -4.09. The van der Waals surface area contributed by atoms with Crippen molar-refractivity contribution in [2.45, 2.75) is 18.6 Å². The average molecular weight is 276 g/mol. The van der Waals surface area contributed by atoms with Crippen LogP contribution in [0.15, 0.2) is 18.2 Å². The Morgan fingerprint density at radius 3 is 2.53 bits per heavy atom. The van der Waals surface area contributed by atoms with Gasteiger partial charge in [-0.1, -0.05) is 0 Å². The molecule has 3 nitrogen and oxygen atoms in total. The fraction of sp³-hybridized carbons (Fsp3) is 0.417. The number of hydrogen-bond acceptors (Lipinski definition) is 2. The Hall–Kier alpha value is -1.63. The van der Waals surface area contributed by atoms with Crippen LogP contribution in [0.25, 0.3) is 0 Å². The molecule has 1 amide bonds. The summed E-state index contributed by atoms with van der Waals surface area (Å²) in [5.41, 5.74) is 4.15. The number of amides is 1. The molecule has 104 valence electrons. The standard InChI is InChI=1S/C12H12F4N2O/c13-9-4-7(3-8(5-9)12(14,15)16)11(19)18-2-1-10(17)6-18/h3-5,10H,1-2,6,17H2/t10-/m0/s1. The molecule has 19 heavy (non-hydrogen) atoms. The highest BCUT2D eigenvalue weighted by Gasteiger charge is 2.33. The molecule has 2 N–H and O–H groups in total. The number of nitrogens with two attached hydrogens (primary N) is 1. The first-order valence-electron chi connectivity index (χ1n) is 5.70. The number of carbonyl (C=O) groups is 1. The minimum absolute atomic E-state index is 0.181. The molecular formula is C12H12F4N2O. The molecule has 7 heteroatoms. The summed E-state index contributed by atoms with van der Waals surface area (Å²) >= 11 is 0. The molecule has 1 heterocycles. The van der Waals surface area contributed by atoms with E-state index in [9.17, 15) is 22.4 Å². The molecule has 1 aliphatic rings. The van der Waals surface area contributed by atoms with E-state index < -0.39 is 23.5 Å². The van der Waals surface area contributed by atoms with Crippen LogP contribution in [0.3, 0.4) is 0 Å². The summed E-state index contributed by atoms with van der Waals surface area (Å²) in [7, 11) is 0. The smallest absolute Gasteiger partial charge is 0.337 e. The van der Waals surface area contributed by atoms with Gasteiger partial charge in [-0.05, 0) is 24.6 Å². The molecule has 1 atom stereocenters. The van der Waals surface area contributed by atoms with Gasteiger partial charge in [0.2, 0.25) is 0 Å². The van der Waals surface area contributed by atoms with Gasteiger partial charge in [0.15, 0.2) is 0 Å². The van der Waals surface area contributed by atoms with Crippen molar-refractivity contribution in [2.24, 2.45) is 5.73 Å². The maximum Gasteiger partial charge on any atom is 0.416 e. The SMILES string of the molecule is N[C@H]1CCN(C(=O)c2cc(F)cc(C(F)(F)F)c2)C1. The highest BCUT2D eigenvalue weighted by Crippen LogP contribution is 2.30. The number of nitrogens with zero attached hydrogens (tertiary/aromatic N) is 1. The molecule has 2 rings (SSSR count). The van der Waals surface area contributed by atoms with Crippen molar-refractivity contribution in [3.05, 3.63) is 35.1 Å². The van der Waals surface area contributed by atoms with Gasteiger partial charge < -0.3 is 10.6 Å². The van der Waals surface area contributed by atoms with Crippen LogP contribution in [0.4, 0.5) is 17.6 Å². The fourth-order valence-corrected chi connectivity index (χ4v) is 2.03. The van der Waals surface area contributed by atoms with Crippen LogP contribution in [0, 0.1) is 5.82 Å². The molecule has 0 unspecified atom stereocenters. The molecule has 1 saturated heterocycles. The fourth-order valence-electron chi connectivity index (χ4n) is 2.03. The quantitative estimate of drug-likeness (QED) is 0.798. The number of likely N-dealkylation sites (tertiary alicyclic amines) is 1. The largest absolute Gasteiger partial charge is 0.416 e. The summed E-state index contributed by atoms with van der Waals surface area (Å²) < 4.78 is 50.8. The second-order valence-corrected chi connectivity index (χ2v) is 4.53. The summed E-state index contributed by atoms with van der Waals surface area (Å²) in [6, 6.07) is 1.66. The van der Waals surface area contributed by atoms with Crippen molar-refractivity contribution < 1.29 is 22.4 Å². The van der Waals surface area contributed by atoms with Gasteiger partial charge in [0.05, 0.1) is 5.56 Å². The first-order chi connectivity index (χ1) is 8.77. The van der Waals surface area contributed by atoms with Gasteiger partial charge in [-0.3, -0.25) is 4.79 Å². The molecule has 0 saturated carbocycles. The predicted molar refractivity (Wildman–Crippen MR) is 59.9 cm³/mol. The number of rotatable bonds is 1. The van der Waals surface area contributed by atoms with Crippen molar-refractivity contribution in [2.75, 3.05) is 13.1 Å². The third-order valence-electron chi connectivity index (χ3n) is 2.98. The topological polar surface area (TPSA) is 46.3 Å². The third-order valence-corrected chi connectivity index (χ3v) is 2.98. The maximum absolute atomic E-state index is 13.2. The lowest BCUT2D eigenvalue weighted by Crippen LogP contribution is -2.32. The van der Waals surface area contributed by atoms with Crippen molar-refractivity contribution in [1.29, 1.82) is 0 Å². The average Bonchev–Trinajstić information content (AvgIpc) is 2.73. The Balaban J connectivity index is 2.29. The Bertz CT molecular complexity index is 501. The summed E-state index contributed by atoms with van der Waals surface area (Å²) in [5.74, 6) is -1.71. The Morgan fingerprint density at radius 1 is 1.32 bits per heavy atom. The van der Waals surface area contributed by atoms with Crippen LogP contribution in [0.2, 0.25) is 0 Å². The van der Waals surface area contributed by atoms with Crippen molar-refractivity contribution >= 4 is 5.91 Å². The summed E-state index contributed by atoms with van der Waals surface area (Å²) in [4.78, 5) is 13.3. The number of alkyl halides is 3. The highest BCUT2D eigenvalue weighted by molar-refractivity contribution is 5.94. The zero-order valence-electron chi connectivity index (χ0n) is 9.88. The number of benzene rings is 1. The minimum atomic E-state index is -4.68. The van der Waals surface area contributed by atoms with Gasteiger partial charge in [-0.25, -0.2) is 4.39 Å². The predicted octanol–water partition coefficient (Wildman–Crippen LogP) is 2.02. The molecule has 1 fully saturated rings. The summed E-state index contributed by atoms with van der Waals surface area (Å²) in [5, 5.41) is 0. The summed E-state index contributed by atoms with van der Waals surface area (Å²) in [6.45, 7) is 0.647. The van der Waals surface area contributed by atoms with Crippen LogP contribution in [0.5, 0.6) is 0 Å². The van der Waals surface area contributed by atoms with E-state index in [0.29, 0.717) is 25.1 Å². The van der Waals surface area contributed by atoms with Gasteiger partial charge in [0, 0.05) is 24.7 Å². The first-order valence-corrected chi connectivity index (χ1v) is 5.70. The third kappa shape index (κ3) is 3.04. The van der Waals surface area contributed by atoms with Crippen LogP contribution in [-0.4, -0.2) is 29.9 Å². The van der Waals surface area contributed by atoms with Crippen LogP contribution < -0.4 is 5.73 Å². The van der Waals surface area contributed by atoms with E-state index in [0.717, 1.165) is 6.07 Å². The maximum atomic E-state index is 13.2. The van der Waals surface area contributed by atoms with Gasteiger partial charge in [0.25, 0.3) is 5.91 Å². The van der Waals surface area contributed by atoms with Crippen LogP contribution >= 0.6 is 0 Å². The van der Waals surface area contributed by atoms with Gasteiger partial charge in [-0.15, -0.1) is 0 Å². The lowest BCUT2D eigenvalue weighted by molar-refractivity contribution is -0.137. The van der Waals surface area contributed by atoms with Gasteiger partial charge >= 0.3 is 6.18 Å². The van der Waals surface area contributed by atoms with E-state index in [2.05, 4.69) is 0 Å². The van der Waals surface area contributed by atoms with Crippen molar-refractivity contribution in [1.82, 2.24) is 4.90 Å². The Morgan fingerprint density at radius 2 is 2.00 bits per heavy atom. The molecule has 0 aliphatic carbocycles. The van der Waals surface area contributed by atoms with Gasteiger partial charge in [0.1, 0.15) is 5.82 Å². The van der Waals surface area contributed by atoms with E-state index in [4.69, 9.17) is 5.73 Å². The van der Waals surface area contributed by atoms with E-state index in [1.54, 1.807) is 0 Å². The molecule has 0 radical (unpaired) electrons. The lowest BCUT2D eigenvalue weighted by atomic mass is 10.1. The second kappa shape index (κ2) is 4.80. The van der Waals surface area contributed by atoms with Gasteiger partial charge in [-0.2, -0.15) is 13.2 Å². The normalized spacial score (nSPS) is 19.8. The number of hydrogen-bond donors (Lipinski definition) is 1. The zero-order valence-corrected chi connectivity index (χ0v) is 9.88. The molecular weight excluding hydrogens is 264 g/mol. The van der Waals surface area contributed by atoms with Crippen LogP contribution in [-0.2, 0) is 6.18 Å². The molecule has 1 aromatic carbocycles. The van der Waals surface area contributed by atoms with E-state index >= 15 is 0 Å². The lowest BCUT2D eigenvalue weighted by Gasteiger charge is -2.17. The number of halogens is 4. The van der Waals surface area contributed by atoms with Crippen LogP contribution in [0.1, 0.15) is 22.3 Å². The highest BCUT2D eigenvalue weighted by atomic mass is 19.4. The van der Waals surface area contributed by atoms with Crippen molar-refractivity contribution in [3.8, 4) is 0 Å². The molecule has 1 aromatic rings. The molecule has 0 spiro atoms. The van der Waals surface area contributed by atoms with E-state index in [-0.39, 0.29) is 18.2 Å². The number of carbonyl (C=O) groups excluding carboxylic acids is 1. The molecule has 1 aliphatic heterocycles. The van der Waals surface area contributed by atoms with E-state index in [1.165, 1.54) is 4.90 Å². The zero-order chi connectivity index (χ0) is 14.2. The molecule has 0 aromatic heterocycles. The Kier molecular flexibility index (Phi) is 3.49.